The highest BCUT2D eigenvalue weighted by molar-refractivity contribution is 9.10. The van der Waals surface area contributed by atoms with Gasteiger partial charge in [0.05, 0.1) is 11.9 Å². The monoisotopic (exact) mass is 352 g/mol. The van der Waals surface area contributed by atoms with Gasteiger partial charge in [0.25, 0.3) is 0 Å². The molecule has 0 saturated carbocycles. The first-order chi connectivity index (χ1) is 10.1. The maximum atomic E-state index is 13.6. The van der Waals surface area contributed by atoms with Crippen LogP contribution in [0.25, 0.3) is 0 Å². The van der Waals surface area contributed by atoms with Crippen molar-refractivity contribution < 1.29 is 9.13 Å². The summed E-state index contributed by atoms with van der Waals surface area (Å²) >= 11 is 3.30. The molecule has 2 aromatic rings. The number of hydrogen-bond donors (Lipinski definition) is 1. The van der Waals surface area contributed by atoms with E-state index in [-0.39, 0.29) is 11.8 Å². The molecule has 1 N–H and O–H groups in total. The third-order valence-electron chi connectivity index (χ3n) is 3.10. The number of ether oxygens (including phenoxy) is 1. The first kappa shape index (κ1) is 15.9. The number of nitrogens with one attached hydrogen (secondary N) is 1. The summed E-state index contributed by atoms with van der Waals surface area (Å²) in [5.41, 5.74) is 0.960. The zero-order valence-electron chi connectivity index (χ0n) is 12.1. The van der Waals surface area contributed by atoms with Gasteiger partial charge < -0.3 is 10.1 Å². The molecule has 3 nitrogen and oxygen atoms in total. The van der Waals surface area contributed by atoms with Crippen LogP contribution in [0.2, 0.25) is 0 Å². The first-order valence-electron chi connectivity index (χ1n) is 6.96. The predicted molar refractivity (Wildman–Crippen MR) is 85.1 cm³/mol. The molecule has 0 spiro atoms. The van der Waals surface area contributed by atoms with E-state index in [1.54, 1.807) is 18.3 Å². The molecule has 0 radical (unpaired) electrons. The van der Waals surface area contributed by atoms with E-state index in [9.17, 15) is 4.39 Å². The second-order valence-corrected chi connectivity index (χ2v) is 5.53. The van der Waals surface area contributed by atoms with Crippen LogP contribution in [-0.4, -0.2) is 11.5 Å². The molecule has 0 fully saturated rings. The molecule has 2 rings (SSSR count). The molecule has 1 aromatic heterocycles. The molecule has 0 aliphatic heterocycles. The maximum Gasteiger partial charge on any atom is 0.165 e. The van der Waals surface area contributed by atoms with Crippen LogP contribution >= 0.6 is 15.9 Å². The van der Waals surface area contributed by atoms with Crippen molar-refractivity contribution in [3.8, 4) is 11.5 Å². The highest BCUT2D eigenvalue weighted by Gasteiger charge is 2.10. The Morgan fingerprint density at radius 2 is 2.10 bits per heavy atom. The van der Waals surface area contributed by atoms with Crippen LogP contribution < -0.4 is 10.1 Å². The van der Waals surface area contributed by atoms with Crippen molar-refractivity contribution in [3.63, 3.8) is 0 Å². The Bertz CT molecular complexity index is 589. The summed E-state index contributed by atoms with van der Waals surface area (Å²) in [6.45, 7) is 5.06. The average molecular weight is 353 g/mol. The van der Waals surface area contributed by atoms with E-state index in [0.717, 1.165) is 23.1 Å². The van der Waals surface area contributed by atoms with Crippen LogP contribution in [-0.2, 0) is 0 Å². The van der Waals surface area contributed by atoms with Gasteiger partial charge in [-0.3, -0.25) is 4.98 Å². The molecule has 1 unspecified atom stereocenters. The van der Waals surface area contributed by atoms with Gasteiger partial charge in [-0.15, -0.1) is 0 Å². The minimum absolute atomic E-state index is 0.178. The second-order valence-electron chi connectivity index (χ2n) is 4.61. The van der Waals surface area contributed by atoms with Gasteiger partial charge in [-0.25, -0.2) is 4.39 Å². The molecule has 0 amide bonds. The number of hydrogen-bond acceptors (Lipinski definition) is 3. The number of rotatable bonds is 6. The Morgan fingerprint density at radius 1 is 1.29 bits per heavy atom. The van der Waals surface area contributed by atoms with Gasteiger partial charge in [-0.05, 0) is 43.3 Å². The summed E-state index contributed by atoms with van der Waals surface area (Å²) in [5, 5.41) is 3.36. The quantitative estimate of drug-likeness (QED) is 0.807. The summed E-state index contributed by atoms with van der Waals surface area (Å²) < 4.78 is 19.9. The minimum atomic E-state index is -0.402. The molecule has 1 heterocycles. The van der Waals surface area contributed by atoms with Crippen molar-refractivity contribution in [3.05, 3.63) is 52.5 Å². The lowest BCUT2D eigenvalue weighted by molar-refractivity contribution is 0.438. The largest absolute Gasteiger partial charge is 0.453 e. The normalized spacial score (nSPS) is 12.2. The molecule has 112 valence electrons. The van der Waals surface area contributed by atoms with Crippen LogP contribution in [0.1, 0.15) is 32.0 Å². The molecule has 0 aliphatic carbocycles. The highest BCUT2D eigenvalue weighted by Crippen LogP contribution is 2.27. The van der Waals surface area contributed by atoms with E-state index in [0.29, 0.717) is 5.75 Å². The van der Waals surface area contributed by atoms with Crippen LogP contribution in [0.3, 0.4) is 0 Å². The van der Waals surface area contributed by atoms with Crippen molar-refractivity contribution in [2.24, 2.45) is 0 Å². The fourth-order valence-corrected chi connectivity index (χ4v) is 2.39. The van der Waals surface area contributed by atoms with Gasteiger partial charge >= 0.3 is 0 Å². The zero-order chi connectivity index (χ0) is 15.2. The molecule has 0 aliphatic rings. The van der Waals surface area contributed by atoms with E-state index < -0.39 is 5.82 Å². The van der Waals surface area contributed by atoms with E-state index in [1.165, 1.54) is 6.07 Å². The Morgan fingerprint density at radius 3 is 2.71 bits per heavy atom. The molecule has 5 heteroatoms. The van der Waals surface area contributed by atoms with E-state index in [1.807, 2.05) is 12.1 Å². The van der Waals surface area contributed by atoms with Crippen molar-refractivity contribution in [1.82, 2.24) is 10.3 Å². The Labute approximate surface area is 132 Å². The Balaban J connectivity index is 2.13. The number of nitrogens with zero attached hydrogens (tertiary/aromatic N) is 1. The van der Waals surface area contributed by atoms with Crippen LogP contribution in [0.4, 0.5) is 4.39 Å². The minimum Gasteiger partial charge on any atom is -0.453 e. The van der Waals surface area contributed by atoms with Crippen molar-refractivity contribution >= 4 is 15.9 Å². The summed E-state index contributed by atoms with van der Waals surface area (Å²) in [7, 11) is 0. The lowest BCUT2D eigenvalue weighted by atomic mass is 10.1. The van der Waals surface area contributed by atoms with E-state index in [4.69, 9.17) is 4.74 Å². The highest BCUT2D eigenvalue weighted by atomic mass is 79.9. The van der Waals surface area contributed by atoms with Crippen LogP contribution in [0, 0.1) is 5.82 Å². The molecule has 0 bridgehead atoms. The topological polar surface area (TPSA) is 34.1 Å². The van der Waals surface area contributed by atoms with Gasteiger partial charge in [0, 0.05) is 10.5 Å². The van der Waals surface area contributed by atoms with Gasteiger partial charge in [0.1, 0.15) is 5.75 Å². The van der Waals surface area contributed by atoms with E-state index in [2.05, 4.69) is 40.1 Å². The third-order valence-corrected chi connectivity index (χ3v) is 3.59. The molecule has 21 heavy (non-hydrogen) atoms. The zero-order valence-corrected chi connectivity index (χ0v) is 13.7. The van der Waals surface area contributed by atoms with Crippen molar-refractivity contribution in [1.29, 1.82) is 0 Å². The summed E-state index contributed by atoms with van der Waals surface area (Å²) in [4.78, 5) is 4.40. The van der Waals surface area contributed by atoms with Gasteiger partial charge in [0.15, 0.2) is 11.6 Å². The van der Waals surface area contributed by atoms with E-state index >= 15 is 0 Å². The summed E-state index contributed by atoms with van der Waals surface area (Å²) in [6, 6.07) is 8.53. The second kappa shape index (κ2) is 7.52. The fourth-order valence-electron chi connectivity index (χ4n) is 2.05. The van der Waals surface area contributed by atoms with Gasteiger partial charge in [0.2, 0.25) is 0 Å². The van der Waals surface area contributed by atoms with Crippen molar-refractivity contribution in [2.45, 2.75) is 26.3 Å². The lowest BCUT2D eigenvalue weighted by Crippen LogP contribution is -2.20. The first-order valence-corrected chi connectivity index (χ1v) is 7.75. The fraction of sp³-hybridized carbons (Fsp3) is 0.312. The Hall–Kier alpha value is -1.46. The summed E-state index contributed by atoms with van der Waals surface area (Å²) in [6.07, 6.45) is 2.58. The number of pyridine rings is 1. The number of aromatic nitrogens is 1. The van der Waals surface area contributed by atoms with Gasteiger partial charge in [-0.2, -0.15) is 0 Å². The SMILES string of the molecule is CCNC(CC)c1ccc(Oc2cc(Br)ccc2F)cn1. The van der Waals surface area contributed by atoms with Crippen molar-refractivity contribution in [2.75, 3.05) is 6.54 Å². The maximum absolute atomic E-state index is 13.6. The molecule has 0 saturated heterocycles. The van der Waals surface area contributed by atoms with Crippen LogP contribution in [0.15, 0.2) is 41.0 Å². The van der Waals surface area contributed by atoms with Gasteiger partial charge in [-0.1, -0.05) is 29.8 Å². The van der Waals surface area contributed by atoms with Crippen LogP contribution in [0.5, 0.6) is 11.5 Å². The number of benzene rings is 1. The molecule has 1 atom stereocenters. The average Bonchev–Trinajstić information content (AvgIpc) is 2.49. The Kier molecular flexibility index (Phi) is 5.70. The number of halogens is 2. The molecular formula is C16H18BrFN2O. The predicted octanol–water partition coefficient (Wildman–Crippen LogP) is 4.84. The lowest BCUT2D eigenvalue weighted by Gasteiger charge is -2.15. The third kappa shape index (κ3) is 4.25. The standard InChI is InChI=1S/C16H18BrFN2O/c1-3-14(19-4-2)15-8-6-12(10-20-15)21-16-9-11(17)5-7-13(16)18/h5-10,14,19H,3-4H2,1-2H3. The summed E-state index contributed by atoms with van der Waals surface area (Å²) in [5.74, 6) is 0.293. The smallest absolute Gasteiger partial charge is 0.165 e. The molecular weight excluding hydrogens is 335 g/mol. The molecule has 1 aromatic carbocycles.